The van der Waals surface area contributed by atoms with Gasteiger partial charge in [0.2, 0.25) is 11.8 Å². The summed E-state index contributed by atoms with van der Waals surface area (Å²) in [5, 5.41) is 0. The molecule has 0 unspecified atom stereocenters. The number of piperidine rings is 1. The highest BCUT2D eigenvalue weighted by molar-refractivity contribution is 5.82. The van der Waals surface area contributed by atoms with Crippen molar-refractivity contribution in [3.8, 4) is 0 Å². The van der Waals surface area contributed by atoms with Crippen molar-refractivity contribution < 1.29 is 9.59 Å². The number of hydrogen-bond donors (Lipinski definition) is 0. The van der Waals surface area contributed by atoms with E-state index in [-0.39, 0.29) is 10.8 Å². The molecule has 2 aliphatic rings. The molecule has 2 heterocycles. The van der Waals surface area contributed by atoms with E-state index >= 15 is 0 Å². The van der Waals surface area contributed by atoms with E-state index in [1.165, 1.54) is 32.1 Å². The molecule has 0 spiro atoms. The quantitative estimate of drug-likeness (QED) is 0.533. The summed E-state index contributed by atoms with van der Waals surface area (Å²) in [6.07, 6.45) is 6.02. The van der Waals surface area contributed by atoms with Crippen molar-refractivity contribution in [2.75, 3.05) is 26.2 Å². The lowest BCUT2D eigenvalue weighted by molar-refractivity contribution is -0.140. The average Bonchev–Trinajstić information content (AvgIpc) is 3.18. The molecule has 2 saturated heterocycles. The van der Waals surface area contributed by atoms with Gasteiger partial charge in [-0.2, -0.15) is 0 Å². The van der Waals surface area contributed by atoms with E-state index in [9.17, 15) is 9.59 Å². The van der Waals surface area contributed by atoms with Gasteiger partial charge in [0.25, 0.3) is 0 Å². The van der Waals surface area contributed by atoms with Crippen LogP contribution in [0.5, 0.6) is 0 Å². The number of carbonyl (C=O) groups is 2. The van der Waals surface area contributed by atoms with Crippen LogP contribution in [-0.2, 0) is 9.59 Å². The fraction of sp³-hybridized carbons (Fsp3) is 0.913. The minimum absolute atomic E-state index is 0.190. The molecule has 2 aliphatic heterocycles. The summed E-state index contributed by atoms with van der Waals surface area (Å²) in [5.41, 5.74) is -0.387. The molecule has 0 saturated carbocycles. The summed E-state index contributed by atoms with van der Waals surface area (Å²) < 4.78 is 0. The molecule has 0 radical (unpaired) electrons. The molecule has 0 bridgehead atoms. The van der Waals surface area contributed by atoms with Crippen molar-refractivity contribution in [3.05, 3.63) is 0 Å². The van der Waals surface area contributed by atoms with Crippen molar-refractivity contribution in [2.24, 2.45) is 10.8 Å². The van der Waals surface area contributed by atoms with Gasteiger partial charge in [0, 0.05) is 37.0 Å². The molecule has 0 aromatic heterocycles. The molecule has 2 amide bonds. The third-order valence-corrected chi connectivity index (χ3v) is 4.32. The Morgan fingerprint density at radius 1 is 0.519 bits per heavy atom. The second kappa shape index (κ2) is 14.0. The monoisotopic (exact) mass is 384 g/mol. The molecule has 27 heavy (non-hydrogen) atoms. The minimum atomic E-state index is -0.197. The van der Waals surface area contributed by atoms with Gasteiger partial charge in [-0.25, -0.2) is 0 Å². The Morgan fingerprint density at radius 3 is 0.963 bits per heavy atom. The van der Waals surface area contributed by atoms with Crippen LogP contribution in [0.1, 0.15) is 101 Å². The normalized spacial score (nSPS) is 16.8. The largest absolute Gasteiger partial charge is 0.342 e. The van der Waals surface area contributed by atoms with Gasteiger partial charge in [-0.15, -0.1) is 0 Å². The first-order valence-electron chi connectivity index (χ1n) is 11.1. The molecule has 2 rings (SSSR count). The van der Waals surface area contributed by atoms with Crippen molar-refractivity contribution in [2.45, 2.75) is 101 Å². The van der Waals surface area contributed by atoms with Crippen LogP contribution in [0.3, 0.4) is 0 Å². The minimum Gasteiger partial charge on any atom is -0.342 e. The van der Waals surface area contributed by atoms with Gasteiger partial charge < -0.3 is 9.80 Å². The third-order valence-electron chi connectivity index (χ3n) is 4.32. The molecule has 0 atom stereocenters. The fourth-order valence-electron chi connectivity index (χ4n) is 2.97. The Kier molecular flexibility index (Phi) is 14.6. The number of likely N-dealkylation sites (tertiary alicyclic amines) is 2. The lowest BCUT2D eigenvalue weighted by Crippen LogP contribution is -2.42. The Morgan fingerprint density at radius 2 is 0.741 bits per heavy atom. The van der Waals surface area contributed by atoms with Crippen LogP contribution in [-0.4, -0.2) is 47.8 Å². The van der Waals surface area contributed by atoms with Crippen molar-refractivity contribution in [1.29, 1.82) is 0 Å². The molecule has 0 aliphatic carbocycles. The summed E-state index contributed by atoms with van der Waals surface area (Å²) in [5.74, 6) is 0.609. The smallest absolute Gasteiger partial charge is 0.227 e. The van der Waals surface area contributed by atoms with Crippen LogP contribution in [0.25, 0.3) is 0 Å². The van der Waals surface area contributed by atoms with Crippen LogP contribution in [0, 0.1) is 10.8 Å². The summed E-state index contributed by atoms with van der Waals surface area (Å²) in [7, 11) is 0. The van der Waals surface area contributed by atoms with Gasteiger partial charge in [-0.3, -0.25) is 9.59 Å². The van der Waals surface area contributed by atoms with Crippen LogP contribution in [0.2, 0.25) is 0 Å². The van der Waals surface area contributed by atoms with E-state index in [0.717, 1.165) is 26.2 Å². The molecular formula is C23H48N2O2. The first-order chi connectivity index (χ1) is 12.5. The Labute approximate surface area is 170 Å². The molecule has 0 N–H and O–H groups in total. The number of rotatable bonds is 0. The lowest BCUT2D eigenvalue weighted by Gasteiger charge is -2.32. The summed E-state index contributed by atoms with van der Waals surface area (Å²) in [6, 6.07) is 0. The summed E-state index contributed by atoms with van der Waals surface area (Å²) >= 11 is 0. The topological polar surface area (TPSA) is 40.6 Å². The Hall–Kier alpha value is -1.06. The van der Waals surface area contributed by atoms with Gasteiger partial charge >= 0.3 is 0 Å². The third kappa shape index (κ3) is 11.4. The van der Waals surface area contributed by atoms with Crippen molar-refractivity contribution in [3.63, 3.8) is 0 Å². The second-order valence-electron chi connectivity index (χ2n) is 8.85. The second-order valence-corrected chi connectivity index (χ2v) is 8.85. The number of amides is 2. The van der Waals surface area contributed by atoms with E-state index in [0.29, 0.717) is 11.8 Å². The van der Waals surface area contributed by atoms with Crippen molar-refractivity contribution in [1.82, 2.24) is 9.80 Å². The maximum absolute atomic E-state index is 11.7. The van der Waals surface area contributed by atoms with Gasteiger partial charge in [0.15, 0.2) is 0 Å². The molecule has 0 aromatic carbocycles. The molecule has 0 aromatic rings. The standard InChI is InChI=1S/C10H19NO.C9H17NO.2C2H6/c1-10(2,3)9(12)11-7-5-4-6-8-11;1-9(2,3)8(11)10-6-4-5-7-10;2*1-2/h4-8H2,1-3H3;4-7H2,1-3H3;2*1-2H3. The van der Waals surface area contributed by atoms with Gasteiger partial charge in [0.1, 0.15) is 0 Å². The highest BCUT2D eigenvalue weighted by Gasteiger charge is 2.29. The predicted molar refractivity (Wildman–Crippen MR) is 118 cm³/mol. The molecule has 4 heteroatoms. The zero-order valence-corrected chi connectivity index (χ0v) is 20.1. The molecule has 162 valence electrons. The zero-order valence-electron chi connectivity index (χ0n) is 20.1. The number of nitrogens with zero attached hydrogens (tertiary/aromatic N) is 2. The van der Waals surface area contributed by atoms with E-state index in [1.54, 1.807) is 0 Å². The number of carbonyl (C=O) groups excluding carboxylic acids is 2. The maximum Gasteiger partial charge on any atom is 0.227 e. The zero-order chi connectivity index (χ0) is 21.7. The van der Waals surface area contributed by atoms with Crippen LogP contribution < -0.4 is 0 Å². The van der Waals surface area contributed by atoms with E-state index in [2.05, 4.69) is 0 Å². The highest BCUT2D eigenvalue weighted by Crippen LogP contribution is 2.21. The van der Waals surface area contributed by atoms with Gasteiger partial charge in [-0.05, 0) is 32.1 Å². The van der Waals surface area contributed by atoms with E-state index in [4.69, 9.17) is 0 Å². The molecular weight excluding hydrogens is 336 g/mol. The van der Waals surface area contributed by atoms with Crippen LogP contribution >= 0.6 is 0 Å². The fourth-order valence-corrected chi connectivity index (χ4v) is 2.97. The van der Waals surface area contributed by atoms with Crippen molar-refractivity contribution >= 4 is 11.8 Å². The predicted octanol–water partition coefficient (Wildman–Crippen LogP) is 5.75. The Balaban J connectivity index is 0. The summed E-state index contributed by atoms with van der Waals surface area (Å²) in [6.45, 7) is 23.8. The highest BCUT2D eigenvalue weighted by atomic mass is 16.2. The summed E-state index contributed by atoms with van der Waals surface area (Å²) in [4.78, 5) is 27.3. The average molecular weight is 385 g/mol. The Bertz CT molecular complexity index is 394. The first kappa shape index (κ1) is 28.2. The van der Waals surface area contributed by atoms with E-state index in [1.807, 2.05) is 79.0 Å². The van der Waals surface area contributed by atoms with Gasteiger partial charge in [-0.1, -0.05) is 69.2 Å². The van der Waals surface area contributed by atoms with Crippen LogP contribution in [0.4, 0.5) is 0 Å². The maximum atomic E-state index is 11.7. The molecule has 4 nitrogen and oxygen atoms in total. The molecule has 2 fully saturated rings. The number of hydrogen-bond acceptors (Lipinski definition) is 2. The SMILES string of the molecule is CC.CC.CC(C)(C)C(=O)N1CCCC1.CC(C)(C)C(=O)N1CCCCC1. The first-order valence-corrected chi connectivity index (χ1v) is 11.1. The van der Waals surface area contributed by atoms with Gasteiger partial charge in [0.05, 0.1) is 0 Å². The lowest BCUT2D eigenvalue weighted by atomic mass is 9.93. The van der Waals surface area contributed by atoms with Crippen LogP contribution in [0.15, 0.2) is 0 Å². The van der Waals surface area contributed by atoms with E-state index < -0.39 is 0 Å².